The van der Waals surface area contributed by atoms with Crippen LogP contribution in [0, 0.1) is 0 Å². The van der Waals surface area contributed by atoms with E-state index < -0.39 is 0 Å². The lowest BCUT2D eigenvalue weighted by molar-refractivity contribution is 0.0877. The third-order valence-electron chi connectivity index (χ3n) is 23.5. The Hall–Kier alpha value is -17.0. The molecule has 0 bridgehead atoms. The molecule has 123 heavy (non-hydrogen) atoms. The van der Waals surface area contributed by atoms with Crippen molar-refractivity contribution in [3.8, 4) is 44.5 Å². The average molecular weight is 1590 g/mol. The number of pyridine rings is 1. The molecule has 6 heterocycles. The summed E-state index contributed by atoms with van der Waals surface area (Å²) >= 11 is 0. The molecule has 24 rings (SSSR count). The third kappa shape index (κ3) is 12.3. The van der Waals surface area contributed by atoms with Crippen LogP contribution < -0.4 is 19.6 Å². The number of furan rings is 1. The normalized spacial score (nSPS) is 13.3. The van der Waals surface area contributed by atoms with E-state index in [1.165, 1.54) is 25.0 Å². The Kier molecular flexibility index (Phi) is 18.1. The van der Waals surface area contributed by atoms with Gasteiger partial charge in [0.25, 0.3) is 47.3 Å². The first-order valence-electron chi connectivity index (χ1n) is 40.2. The van der Waals surface area contributed by atoms with E-state index in [-0.39, 0.29) is 47.3 Å². The fraction of sp³-hybridized carbons (Fsp3) is 0. The molecule has 0 saturated heterocycles. The van der Waals surface area contributed by atoms with Gasteiger partial charge in [-0.05, 0) is 203 Å². The van der Waals surface area contributed by atoms with Crippen molar-refractivity contribution < 1.29 is 42.8 Å². The molecule has 0 atom stereocenters. The number of para-hydroxylation sites is 6. The molecular weight excluding hydrogens is 1520 g/mol. The van der Waals surface area contributed by atoms with Crippen LogP contribution in [0.25, 0.3) is 131 Å². The van der Waals surface area contributed by atoms with Gasteiger partial charge in [0.2, 0.25) is 0 Å². The van der Waals surface area contributed by atoms with E-state index in [2.05, 4.69) is 71.7 Å². The lowest BCUT2D eigenvalue weighted by Crippen LogP contribution is -2.40. The quantitative estimate of drug-likeness (QED) is 0.133. The number of amides is 8. The van der Waals surface area contributed by atoms with Gasteiger partial charge in [-0.3, -0.25) is 43.3 Å². The van der Waals surface area contributed by atoms with Crippen molar-refractivity contribution in [2.75, 3.05) is 19.6 Å². The number of imide groups is 4. The van der Waals surface area contributed by atoms with Gasteiger partial charge in [-0.1, -0.05) is 261 Å². The summed E-state index contributed by atoms with van der Waals surface area (Å²) in [5.41, 5.74) is 16.3. The van der Waals surface area contributed by atoms with Crippen molar-refractivity contribution >= 4 is 157 Å². The first kappa shape index (κ1) is 73.6. The highest BCUT2D eigenvalue weighted by Crippen LogP contribution is 2.46. The third-order valence-corrected chi connectivity index (χ3v) is 23.5. The Morgan fingerprint density at radius 2 is 0.472 bits per heavy atom. The van der Waals surface area contributed by atoms with Gasteiger partial charge < -0.3 is 4.42 Å². The van der Waals surface area contributed by atoms with E-state index in [0.717, 1.165) is 115 Å². The fourth-order valence-corrected chi connectivity index (χ4v) is 17.9. The molecule has 0 saturated carbocycles. The molecule has 0 spiro atoms. The van der Waals surface area contributed by atoms with Crippen LogP contribution in [-0.4, -0.2) is 52.2 Å². The standard InChI is InChI=1S/C30H17NO3.2C28H17NO2.C23H14N2O2/c32-29-24-14-6-11-21-19(22-12-7-13-23-20-10-4-5-15-26(20)34-28(22)23)16-17-25(27(21)24)30(33)31(29)18-8-2-1-3-9-18;30-27-24-15-7-14-23-22(21-13-6-9-18-8-4-5-12-20(18)21)16-17-25(26(23)24)28(31)29(27)19-10-2-1-3-11-19;30-27-24-12-6-11-23-22(20-14-13-18-7-4-5-8-19(18)17-20)15-16-25(26(23)24)28(31)29(27)21-9-2-1-3-10-21;26-22-19-8-4-7-18-17(15-11-13-24-14-12-15)9-10-20(21(18)19)23(27)25(22)16-5-2-1-3-6-16/h1-17H;2*1-17H;1-14H. The van der Waals surface area contributed by atoms with Crippen LogP contribution in [-0.2, 0) is 0 Å². The Bertz CT molecular complexity index is 7790. The van der Waals surface area contributed by atoms with Crippen molar-refractivity contribution in [3.05, 3.63) is 439 Å². The summed E-state index contributed by atoms with van der Waals surface area (Å²) < 4.78 is 6.26. The van der Waals surface area contributed by atoms with E-state index in [1.54, 1.807) is 79.1 Å². The molecular formula is C109H65N5O9. The van der Waals surface area contributed by atoms with Crippen LogP contribution in [0.5, 0.6) is 0 Å². The maximum Gasteiger partial charge on any atom is 0.265 e. The molecule has 8 amide bonds. The van der Waals surface area contributed by atoms with Gasteiger partial charge in [-0.2, -0.15) is 0 Å². The second kappa shape index (κ2) is 30.2. The highest BCUT2D eigenvalue weighted by Gasteiger charge is 2.39. The molecule has 14 nitrogen and oxygen atoms in total. The lowest BCUT2D eigenvalue weighted by atomic mass is 9.87. The summed E-state index contributed by atoms with van der Waals surface area (Å²) in [6.45, 7) is 0. The number of carbonyl (C=O) groups excluding carboxylic acids is 8. The summed E-state index contributed by atoms with van der Waals surface area (Å²) in [6, 6.07) is 121. The number of carbonyl (C=O) groups is 8. The highest BCUT2D eigenvalue weighted by molar-refractivity contribution is 6.40. The number of fused-ring (bicyclic) bond motifs is 5. The maximum absolute atomic E-state index is 13.5. The molecule has 18 aromatic carbocycles. The van der Waals surface area contributed by atoms with Crippen LogP contribution in [0.1, 0.15) is 82.9 Å². The van der Waals surface area contributed by atoms with Gasteiger partial charge in [0.1, 0.15) is 11.2 Å². The summed E-state index contributed by atoms with van der Waals surface area (Å²) in [7, 11) is 0. The topological polar surface area (TPSA) is 176 Å². The number of benzene rings is 18. The van der Waals surface area contributed by atoms with Crippen molar-refractivity contribution in [1.82, 2.24) is 4.98 Å². The Morgan fingerprint density at radius 1 is 0.187 bits per heavy atom. The highest BCUT2D eigenvalue weighted by atomic mass is 16.3. The zero-order valence-electron chi connectivity index (χ0n) is 65.4. The molecule has 0 N–H and O–H groups in total. The Labute approximate surface area is 703 Å². The smallest absolute Gasteiger partial charge is 0.265 e. The van der Waals surface area contributed by atoms with Gasteiger partial charge in [0, 0.05) is 94.8 Å². The minimum atomic E-state index is -0.312. The number of hydrogen-bond acceptors (Lipinski definition) is 10. The van der Waals surface area contributed by atoms with E-state index in [1.807, 2.05) is 249 Å². The van der Waals surface area contributed by atoms with Gasteiger partial charge in [-0.25, -0.2) is 19.6 Å². The zero-order valence-corrected chi connectivity index (χ0v) is 65.4. The van der Waals surface area contributed by atoms with Gasteiger partial charge >= 0.3 is 0 Å². The van der Waals surface area contributed by atoms with Crippen molar-refractivity contribution in [2.45, 2.75) is 0 Å². The monoisotopic (exact) mass is 1590 g/mol. The molecule has 580 valence electrons. The van der Waals surface area contributed by atoms with Crippen molar-refractivity contribution in [1.29, 1.82) is 0 Å². The van der Waals surface area contributed by atoms with E-state index >= 15 is 0 Å². The largest absolute Gasteiger partial charge is 0.455 e. The predicted octanol–water partition coefficient (Wildman–Crippen LogP) is 24.8. The second-order valence-corrected chi connectivity index (χ2v) is 30.3. The predicted molar refractivity (Wildman–Crippen MR) is 488 cm³/mol. The summed E-state index contributed by atoms with van der Waals surface area (Å²) in [6.07, 6.45) is 3.47. The van der Waals surface area contributed by atoms with Crippen molar-refractivity contribution in [2.24, 2.45) is 0 Å². The number of anilines is 4. The fourth-order valence-electron chi connectivity index (χ4n) is 17.9. The molecule has 4 aliphatic heterocycles. The molecule has 20 aromatic rings. The van der Waals surface area contributed by atoms with Crippen molar-refractivity contribution in [3.63, 3.8) is 0 Å². The number of hydrogen-bond donors (Lipinski definition) is 0. The maximum atomic E-state index is 13.5. The zero-order chi connectivity index (χ0) is 83.1. The summed E-state index contributed by atoms with van der Waals surface area (Å²) in [5.74, 6) is -2.36. The summed E-state index contributed by atoms with van der Waals surface area (Å²) in [4.78, 5) is 116. The van der Waals surface area contributed by atoms with Crippen LogP contribution in [0.2, 0.25) is 0 Å². The SMILES string of the molecule is O=C1c2cccc3c(-c4ccc5ccccc5c4)ccc(c23)C(=O)N1c1ccccc1.O=C1c2cccc3c(-c4cccc5c4oc4ccccc45)ccc(c23)C(=O)N1c1ccccc1.O=C1c2cccc3c(-c4cccc5ccccc45)ccc(c23)C(=O)N1c1ccccc1.O=C1c2cccc3c(-c4ccncc4)ccc(c23)C(=O)N1c1ccccc1. The van der Waals surface area contributed by atoms with Gasteiger partial charge in [-0.15, -0.1) is 0 Å². The Balaban J connectivity index is 0.000000101. The first-order chi connectivity index (χ1) is 60.4. The number of aromatic nitrogens is 1. The molecule has 0 fully saturated rings. The summed E-state index contributed by atoms with van der Waals surface area (Å²) in [5, 5.41) is 13.2. The van der Waals surface area contributed by atoms with Gasteiger partial charge in [0.15, 0.2) is 0 Å². The lowest BCUT2D eigenvalue weighted by Gasteiger charge is -2.28. The second-order valence-electron chi connectivity index (χ2n) is 30.3. The minimum absolute atomic E-state index is 0.287. The molecule has 0 radical (unpaired) electrons. The number of nitrogens with zero attached hydrogens (tertiary/aromatic N) is 5. The van der Waals surface area contributed by atoms with Crippen LogP contribution in [0.4, 0.5) is 22.7 Å². The van der Waals surface area contributed by atoms with E-state index in [0.29, 0.717) is 78.0 Å². The molecule has 0 unspecified atom stereocenters. The molecule has 4 aliphatic rings. The Morgan fingerprint density at radius 3 is 0.911 bits per heavy atom. The average Bonchev–Trinajstić information content (AvgIpc) is 1.36. The number of rotatable bonds is 8. The van der Waals surface area contributed by atoms with Crippen LogP contribution >= 0.6 is 0 Å². The van der Waals surface area contributed by atoms with E-state index in [4.69, 9.17) is 4.42 Å². The van der Waals surface area contributed by atoms with Crippen LogP contribution in [0.15, 0.2) is 399 Å². The van der Waals surface area contributed by atoms with Crippen LogP contribution in [0.3, 0.4) is 0 Å². The molecule has 14 heteroatoms. The first-order valence-corrected chi connectivity index (χ1v) is 40.2. The van der Waals surface area contributed by atoms with E-state index in [9.17, 15) is 38.4 Å². The minimum Gasteiger partial charge on any atom is -0.455 e. The molecule has 0 aliphatic carbocycles. The molecule has 2 aromatic heterocycles. The van der Waals surface area contributed by atoms with Gasteiger partial charge in [0.05, 0.1) is 22.7 Å².